The second kappa shape index (κ2) is 8.32. The summed E-state index contributed by atoms with van der Waals surface area (Å²) in [6.07, 6.45) is 0. The Morgan fingerprint density at radius 1 is 1.03 bits per heavy atom. The molecule has 0 saturated carbocycles. The van der Waals surface area contributed by atoms with Crippen LogP contribution in [0.15, 0.2) is 36.4 Å². The first-order valence-corrected chi connectivity index (χ1v) is 9.26. The highest BCUT2D eigenvalue weighted by Crippen LogP contribution is 2.21. The fourth-order valence-corrected chi connectivity index (χ4v) is 2.96. The van der Waals surface area contributed by atoms with Crippen molar-refractivity contribution in [3.8, 4) is 0 Å². The van der Waals surface area contributed by atoms with E-state index in [9.17, 15) is 9.59 Å². The summed E-state index contributed by atoms with van der Waals surface area (Å²) in [5, 5.41) is 13.7. The number of aromatic nitrogens is 3. The molecule has 4 N–H and O–H groups in total. The molecule has 0 saturated heterocycles. The molecule has 0 spiro atoms. The van der Waals surface area contributed by atoms with E-state index < -0.39 is 5.91 Å². The smallest absolute Gasteiger partial charge is 0.280 e. The van der Waals surface area contributed by atoms with Crippen molar-refractivity contribution in [2.24, 2.45) is 0 Å². The molecule has 2 amide bonds. The van der Waals surface area contributed by atoms with Gasteiger partial charge in [-0.2, -0.15) is 0 Å². The van der Waals surface area contributed by atoms with Crippen LogP contribution in [0.1, 0.15) is 27.2 Å². The SMILES string of the molecule is Cc1ccc(NC(=O)c2nnn(CC(=O)Nc3cc(Cl)ccc3C)c2N)c(C)c1. The Hall–Kier alpha value is -3.39. The van der Waals surface area contributed by atoms with Gasteiger partial charge in [0.05, 0.1) is 0 Å². The topological polar surface area (TPSA) is 115 Å². The summed E-state index contributed by atoms with van der Waals surface area (Å²) >= 11 is 5.97. The number of aryl methyl sites for hydroxylation is 3. The molecule has 8 nitrogen and oxygen atoms in total. The van der Waals surface area contributed by atoms with E-state index in [0.717, 1.165) is 16.7 Å². The van der Waals surface area contributed by atoms with Gasteiger partial charge in [0.1, 0.15) is 6.54 Å². The predicted molar refractivity (Wildman–Crippen MR) is 113 cm³/mol. The third kappa shape index (κ3) is 4.72. The molecular formula is C20H21ClN6O2. The van der Waals surface area contributed by atoms with Gasteiger partial charge in [-0.15, -0.1) is 5.10 Å². The van der Waals surface area contributed by atoms with Gasteiger partial charge in [0, 0.05) is 16.4 Å². The molecule has 150 valence electrons. The van der Waals surface area contributed by atoms with Crippen molar-refractivity contribution < 1.29 is 9.59 Å². The molecule has 0 aliphatic carbocycles. The second-order valence-corrected chi connectivity index (χ2v) is 7.20. The zero-order chi connectivity index (χ0) is 21.1. The molecule has 0 radical (unpaired) electrons. The van der Waals surface area contributed by atoms with Gasteiger partial charge >= 0.3 is 0 Å². The van der Waals surface area contributed by atoms with Crippen LogP contribution in [-0.2, 0) is 11.3 Å². The summed E-state index contributed by atoms with van der Waals surface area (Å²) in [6, 6.07) is 10.9. The number of carbonyl (C=O) groups is 2. The molecule has 2 aromatic carbocycles. The highest BCUT2D eigenvalue weighted by atomic mass is 35.5. The molecule has 0 atom stereocenters. The number of nitrogens with two attached hydrogens (primary N) is 1. The number of halogens is 1. The number of benzene rings is 2. The van der Waals surface area contributed by atoms with Gasteiger partial charge in [-0.05, 0) is 50.1 Å². The maximum atomic E-state index is 12.5. The van der Waals surface area contributed by atoms with E-state index in [0.29, 0.717) is 16.4 Å². The number of hydrogen-bond acceptors (Lipinski definition) is 5. The number of anilines is 3. The lowest BCUT2D eigenvalue weighted by Crippen LogP contribution is -2.22. The van der Waals surface area contributed by atoms with Gasteiger partial charge in [0.25, 0.3) is 5.91 Å². The van der Waals surface area contributed by atoms with Gasteiger partial charge in [0.15, 0.2) is 11.5 Å². The number of nitrogens with one attached hydrogen (secondary N) is 2. The van der Waals surface area contributed by atoms with E-state index in [2.05, 4.69) is 20.9 Å². The highest BCUT2D eigenvalue weighted by molar-refractivity contribution is 6.31. The molecule has 0 bridgehead atoms. The Labute approximate surface area is 173 Å². The van der Waals surface area contributed by atoms with Crippen molar-refractivity contribution in [3.05, 3.63) is 63.8 Å². The minimum Gasteiger partial charge on any atom is -0.382 e. The van der Waals surface area contributed by atoms with E-state index in [1.807, 2.05) is 39.0 Å². The van der Waals surface area contributed by atoms with Crippen LogP contribution in [0.4, 0.5) is 17.2 Å². The highest BCUT2D eigenvalue weighted by Gasteiger charge is 2.20. The Morgan fingerprint density at radius 3 is 2.52 bits per heavy atom. The van der Waals surface area contributed by atoms with Gasteiger partial charge in [-0.25, -0.2) is 4.68 Å². The number of nitrogens with zero attached hydrogens (tertiary/aromatic N) is 3. The predicted octanol–water partition coefficient (Wildman–Crippen LogP) is 3.33. The first-order valence-electron chi connectivity index (χ1n) is 8.88. The summed E-state index contributed by atoms with van der Waals surface area (Å²) in [5.41, 5.74) is 10.1. The fraction of sp³-hybridized carbons (Fsp3) is 0.200. The molecule has 3 aromatic rings. The molecule has 29 heavy (non-hydrogen) atoms. The average molecular weight is 413 g/mol. The lowest BCUT2D eigenvalue weighted by molar-refractivity contribution is -0.116. The van der Waals surface area contributed by atoms with Gasteiger partial charge in [0.2, 0.25) is 5.91 Å². The Bertz CT molecular complexity index is 1090. The number of amides is 2. The van der Waals surface area contributed by atoms with Crippen LogP contribution in [0.5, 0.6) is 0 Å². The quantitative estimate of drug-likeness (QED) is 0.594. The summed E-state index contributed by atoms with van der Waals surface area (Å²) < 4.78 is 1.17. The molecule has 9 heteroatoms. The van der Waals surface area contributed by atoms with Crippen LogP contribution in [0, 0.1) is 20.8 Å². The summed E-state index contributed by atoms with van der Waals surface area (Å²) in [6.45, 7) is 5.52. The molecule has 1 aromatic heterocycles. The standard InChI is InChI=1S/C20H21ClN6O2/c1-11-4-7-15(13(3)8-11)24-20(29)18-19(22)27(26-25-18)10-17(28)23-16-9-14(21)6-5-12(16)2/h4-9H,10,22H2,1-3H3,(H,23,28)(H,24,29). The van der Waals surface area contributed by atoms with E-state index in [-0.39, 0.29) is 24.0 Å². The fourth-order valence-electron chi connectivity index (χ4n) is 2.79. The van der Waals surface area contributed by atoms with Crippen LogP contribution in [0.25, 0.3) is 0 Å². The maximum absolute atomic E-state index is 12.5. The van der Waals surface area contributed by atoms with E-state index in [4.69, 9.17) is 17.3 Å². The van der Waals surface area contributed by atoms with E-state index >= 15 is 0 Å². The van der Waals surface area contributed by atoms with Gasteiger partial charge in [-0.1, -0.05) is 40.6 Å². The molecule has 0 fully saturated rings. The van der Waals surface area contributed by atoms with Crippen molar-refractivity contribution in [3.63, 3.8) is 0 Å². The van der Waals surface area contributed by atoms with Crippen LogP contribution in [0.3, 0.4) is 0 Å². The van der Waals surface area contributed by atoms with Crippen LogP contribution in [-0.4, -0.2) is 26.8 Å². The molecular weight excluding hydrogens is 392 g/mol. The minimum absolute atomic E-state index is 0.00484. The number of nitrogen functional groups attached to an aromatic ring is 1. The molecule has 3 rings (SSSR count). The monoisotopic (exact) mass is 412 g/mol. The Morgan fingerprint density at radius 2 is 1.79 bits per heavy atom. The summed E-state index contributed by atoms with van der Waals surface area (Å²) in [5.74, 6) is -0.856. The maximum Gasteiger partial charge on any atom is 0.280 e. The van der Waals surface area contributed by atoms with Crippen LogP contribution < -0.4 is 16.4 Å². The van der Waals surface area contributed by atoms with E-state index in [1.54, 1.807) is 18.2 Å². The first-order chi connectivity index (χ1) is 13.7. The third-order valence-electron chi connectivity index (χ3n) is 4.39. The largest absolute Gasteiger partial charge is 0.382 e. The Balaban J connectivity index is 1.70. The number of rotatable bonds is 5. The van der Waals surface area contributed by atoms with Crippen LogP contribution in [0.2, 0.25) is 5.02 Å². The van der Waals surface area contributed by atoms with Crippen molar-refractivity contribution in [1.29, 1.82) is 0 Å². The zero-order valence-electron chi connectivity index (χ0n) is 16.3. The van der Waals surface area contributed by atoms with Crippen LogP contribution >= 0.6 is 11.6 Å². The van der Waals surface area contributed by atoms with Crippen molar-refractivity contribution in [2.75, 3.05) is 16.4 Å². The molecule has 0 aliphatic rings. The van der Waals surface area contributed by atoms with Crippen molar-refractivity contribution in [2.45, 2.75) is 27.3 Å². The number of hydrogen-bond donors (Lipinski definition) is 3. The van der Waals surface area contributed by atoms with Crippen molar-refractivity contribution >= 4 is 40.6 Å². The van der Waals surface area contributed by atoms with E-state index in [1.165, 1.54) is 4.68 Å². The van der Waals surface area contributed by atoms with Gasteiger partial charge < -0.3 is 16.4 Å². The molecule has 0 aliphatic heterocycles. The second-order valence-electron chi connectivity index (χ2n) is 6.76. The summed E-state index contributed by atoms with van der Waals surface area (Å²) in [4.78, 5) is 24.9. The molecule has 0 unspecified atom stereocenters. The first kappa shape index (κ1) is 20.3. The number of carbonyl (C=O) groups excluding carboxylic acids is 2. The zero-order valence-corrected chi connectivity index (χ0v) is 17.0. The molecule has 1 heterocycles. The third-order valence-corrected chi connectivity index (χ3v) is 4.62. The normalized spacial score (nSPS) is 10.6. The lowest BCUT2D eigenvalue weighted by atomic mass is 10.1. The summed E-state index contributed by atoms with van der Waals surface area (Å²) in [7, 11) is 0. The minimum atomic E-state index is -0.494. The van der Waals surface area contributed by atoms with Gasteiger partial charge in [-0.3, -0.25) is 9.59 Å². The average Bonchev–Trinajstić information content (AvgIpc) is 3.01. The van der Waals surface area contributed by atoms with Crippen molar-refractivity contribution in [1.82, 2.24) is 15.0 Å². The Kier molecular flexibility index (Phi) is 5.84. The lowest BCUT2D eigenvalue weighted by Gasteiger charge is -2.10.